The Bertz CT molecular complexity index is 485. The third kappa shape index (κ3) is 3.54. The number of aliphatic hydroxyl groups is 1. The van der Waals surface area contributed by atoms with Gasteiger partial charge in [-0.1, -0.05) is 6.07 Å². The number of aliphatic hydroxyl groups excluding tert-OH is 1. The molecule has 2 aliphatic rings. The highest BCUT2D eigenvalue weighted by atomic mass is 19.1. The van der Waals surface area contributed by atoms with E-state index in [1.54, 1.807) is 6.07 Å². The maximum absolute atomic E-state index is 14.2. The van der Waals surface area contributed by atoms with Crippen LogP contribution in [0.25, 0.3) is 0 Å². The maximum Gasteiger partial charge on any atom is 0.146 e. The van der Waals surface area contributed by atoms with Crippen LogP contribution >= 0.6 is 0 Å². The molecule has 1 aliphatic carbocycles. The van der Waals surface area contributed by atoms with Crippen molar-refractivity contribution in [2.75, 3.05) is 44.4 Å². The van der Waals surface area contributed by atoms with Gasteiger partial charge in [0.2, 0.25) is 0 Å². The first-order chi connectivity index (χ1) is 10.2. The highest BCUT2D eigenvalue weighted by Gasteiger charge is 2.41. The molecule has 2 fully saturated rings. The molecule has 116 valence electrons. The van der Waals surface area contributed by atoms with E-state index >= 15 is 0 Å². The highest BCUT2D eigenvalue weighted by Crippen LogP contribution is 2.44. The summed E-state index contributed by atoms with van der Waals surface area (Å²) in [7, 11) is 0. The highest BCUT2D eigenvalue weighted by molar-refractivity contribution is 5.49. The van der Waals surface area contributed by atoms with Gasteiger partial charge in [0.15, 0.2) is 0 Å². The van der Waals surface area contributed by atoms with Gasteiger partial charge in [-0.2, -0.15) is 0 Å². The fraction of sp³-hybridized carbons (Fsp3) is 0.625. The Labute approximate surface area is 124 Å². The molecule has 1 aliphatic heterocycles. The number of nitrogens with zero attached hydrogens (tertiary/aromatic N) is 1. The van der Waals surface area contributed by atoms with Crippen molar-refractivity contribution in [1.82, 2.24) is 5.32 Å². The summed E-state index contributed by atoms with van der Waals surface area (Å²) in [5.41, 5.74) is 1.70. The quantitative estimate of drug-likeness (QED) is 0.835. The monoisotopic (exact) mass is 294 g/mol. The average Bonchev–Trinajstić information content (AvgIpc) is 3.29. The van der Waals surface area contributed by atoms with Crippen molar-refractivity contribution in [3.8, 4) is 0 Å². The van der Waals surface area contributed by atoms with Gasteiger partial charge in [0.25, 0.3) is 0 Å². The number of anilines is 1. The zero-order valence-corrected chi connectivity index (χ0v) is 12.3. The van der Waals surface area contributed by atoms with Gasteiger partial charge in [-0.05, 0) is 30.5 Å². The van der Waals surface area contributed by atoms with Gasteiger partial charge in [-0.25, -0.2) is 4.39 Å². The van der Waals surface area contributed by atoms with E-state index in [9.17, 15) is 9.50 Å². The van der Waals surface area contributed by atoms with E-state index in [4.69, 9.17) is 4.74 Å². The second-order valence-corrected chi connectivity index (χ2v) is 6.15. The minimum atomic E-state index is -0.167. The molecule has 0 atom stereocenters. The van der Waals surface area contributed by atoms with Crippen LogP contribution < -0.4 is 10.2 Å². The van der Waals surface area contributed by atoms with Crippen molar-refractivity contribution in [2.24, 2.45) is 5.41 Å². The Morgan fingerprint density at radius 3 is 2.67 bits per heavy atom. The summed E-state index contributed by atoms with van der Waals surface area (Å²) in [5, 5.41) is 12.6. The zero-order valence-electron chi connectivity index (χ0n) is 12.3. The molecule has 3 rings (SSSR count). The largest absolute Gasteiger partial charge is 0.396 e. The number of hydrogen-bond acceptors (Lipinski definition) is 4. The number of nitrogens with one attached hydrogen (secondary N) is 1. The van der Waals surface area contributed by atoms with Crippen LogP contribution in [0.5, 0.6) is 0 Å². The van der Waals surface area contributed by atoms with E-state index in [0.717, 1.165) is 38.0 Å². The molecule has 0 radical (unpaired) electrons. The Kier molecular flexibility index (Phi) is 4.42. The fourth-order valence-electron chi connectivity index (χ4n) is 2.76. The summed E-state index contributed by atoms with van der Waals surface area (Å²) in [6.45, 7) is 4.49. The van der Waals surface area contributed by atoms with Crippen molar-refractivity contribution in [2.45, 2.75) is 19.4 Å². The molecule has 0 amide bonds. The zero-order chi connectivity index (χ0) is 14.7. The molecule has 5 heteroatoms. The predicted molar refractivity (Wildman–Crippen MR) is 79.9 cm³/mol. The molecule has 1 heterocycles. The molecule has 1 saturated heterocycles. The summed E-state index contributed by atoms with van der Waals surface area (Å²) in [5.74, 6) is -0.167. The lowest BCUT2D eigenvalue weighted by molar-refractivity contribution is 0.122. The van der Waals surface area contributed by atoms with Gasteiger partial charge >= 0.3 is 0 Å². The summed E-state index contributed by atoms with van der Waals surface area (Å²) in [6, 6.07) is 5.44. The van der Waals surface area contributed by atoms with Gasteiger partial charge in [0.05, 0.1) is 18.9 Å². The molecule has 0 aromatic heterocycles. The summed E-state index contributed by atoms with van der Waals surface area (Å²) < 4.78 is 19.5. The summed E-state index contributed by atoms with van der Waals surface area (Å²) >= 11 is 0. The van der Waals surface area contributed by atoms with E-state index in [1.165, 1.54) is 0 Å². The Morgan fingerprint density at radius 1 is 1.29 bits per heavy atom. The molecular formula is C16H23FN2O2. The van der Waals surface area contributed by atoms with Crippen molar-refractivity contribution in [1.29, 1.82) is 0 Å². The van der Waals surface area contributed by atoms with E-state index in [0.29, 0.717) is 25.4 Å². The topological polar surface area (TPSA) is 44.7 Å². The molecule has 1 saturated carbocycles. The first-order valence-corrected chi connectivity index (χ1v) is 7.65. The number of morpholine rings is 1. The molecule has 4 nitrogen and oxygen atoms in total. The first kappa shape index (κ1) is 14.8. The normalized spacial score (nSPS) is 20.6. The second-order valence-electron chi connectivity index (χ2n) is 6.15. The molecule has 1 aromatic rings. The van der Waals surface area contributed by atoms with Crippen molar-refractivity contribution < 1.29 is 14.2 Å². The average molecular weight is 294 g/mol. The smallest absolute Gasteiger partial charge is 0.146 e. The van der Waals surface area contributed by atoms with Gasteiger partial charge < -0.3 is 20.1 Å². The summed E-state index contributed by atoms with van der Waals surface area (Å²) in [4.78, 5) is 2.03. The van der Waals surface area contributed by atoms with Crippen LogP contribution in [0.15, 0.2) is 18.2 Å². The van der Waals surface area contributed by atoms with Gasteiger partial charge in [0.1, 0.15) is 5.82 Å². The van der Waals surface area contributed by atoms with Crippen LogP contribution in [0.4, 0.5) is 10.1 Å². The lowest BCUT2D eigenvalue weighted by atomic mass is 10.1. The minimum Gasteiger partial charge on any atom is -0.396 e. The standard InChI is InChI=1S/C16H23FN2O2/c17-14-9-13(10-18-11-16(12-20)3-4-16)1-2-15(14)19-5-7-21-8-6-19/h1-2,9,18,20H,3-8,10-12H2. The van der Waals surface area contributed by atoms with Crippen LogP contribution in [0.1, 0.15) is 18.4 Å². The first-order valence-electron chi connectivity index (χ1n) is 7.65. The van der Waals surface area contributed by atoms with Crippen LogP contribution in [0.2, 0.25) is 0 Å². The van der Waals surface area contributed by atoms with E-state index in [1.807, 2.05) is 17.0 Å². The molecule has 0 spiro atoms. The van der Waals surface area contributed by atoms with Crippen molar-refractivity contribution in [3.63, 3.8) is 0 Å². The van der Waals surface area contributed by atoms with Gasteiger partial charge in [0, 0.05) is 38.2 Å². The van der Waals surface area contributed by atoms with Gasteiger partial charge in [-0.3, -0.25) is 0 Å². The second kappa shape index (κ2) is 6.30. The van der Waals surface area contributed by atoms with Crippen molar-refractivity contribution in [3.05, 3.63) is 29.6 Å². The number of hydrogen-bond donors (Lipinski definition) is 2. The molecular weight excluding hydrogens is 271 g/mol. The van der Waals surface area contributed by atoms with Crippen LogP contribution in [0.3, 0.4) is 0 Å². The van der Waals surface area contributed by atoms with E-state index in [2.05, 4.69) is 5.32 Å². The SMILES string of the molecule is OCC1(CNCc2ccc(N3CCOCC3)c(F)c2)CC1. The van der Waals surface area contributed by atoms with Crippen molar-refractivity contribution >= 4 is 5.69 Å². The molecule has 2 N–H and O–H groups in total. The fourth-order valence-corrected chi connectivity index (χ4v) is 2.76. The molecule has 0 unspecified atom stereocenters. The Morgan fingerprint density at radius 2 is 2.05 bits per heavy atom. The lowest BCUT2D eigenvalue weighted by Gasteiger charge is -2.29. The lowest BCUT2D eigenvalue weighted by Crippen LogP contribution is -2.36. The van der Waals surface area contributed by atoms with E-state index in [-0.39, 0.29) is 17.8 Å². The third-order valence-corrected chi connectivity index (χ3v) is 4.49. The molecule has 0 bridgehead atoms. The molecule has 21 heavy (non-hydrogen) atoms. The Balaban J connectivity index is 1.56. The number of halogens is 1. The number of ether oxygens (including phenoxy) is 1. The number of benzene rings is 1. The van der Waals surface area contributed by atoms with Crippen LogP contribution in [-0.4, -0.2) is 44.6 Å². The minimum absolute atomic E-state index is 0.0896. The van der Waals surface area contributed by atoms with Gasteiger partial charge in [-0.15, -0.1) is 0 Å². The van der Waals surface area contributed by atoms with E-state index < -0.39 is 0 Å². The Hall–Kier alpha value is -1.17. The number of rotatable bonds is 6. The van der Waals surface area contributed by atoms with Crippen LogP contribution in [0, 0.1) is 11.2 Å². The maximum atomic E-state index is 14.2. The summed E-state index contributed by atoms with van der Waals surface area (Å²) in [6.07, 6.45) is 2.17. The third-order valence-electron chi connectivity index (χ3n) is 4.49. The van der Waals surface area contributed by atoms with Crippen LogP contribution in [-0.2, 0) is 11.3 Å². The predicted octanol–water partition coefficient (Wildman–Crippen LogP) is 1.52. The molecule has 1 aromatic carbocycles.